The van der Waals surface area contributed by atoms with E-state index in [1.54, 1.807) is 7.05 Å². The Balaban J connectivity index is 1.93. The van der Waals surface area contributed by atoms with Crippen LogP contribution in [-0.2, 0) is 13.6 Å². The van der Waals surface area contributed by atoms with Crippen molar-refractivity contribution in [2.24, 2.45) is 7.05 Å². The largest absolute Gasteiger partial charge is 0.478 e. The molecule has 0 radical (unpaired) electrons. The molecule has 0 fully saturated rings. The number of benzene rings is 1. The van der Waals surface area contributed by atoms with Crippen molar-refractivity contribution in [3.8, 4) is 0 Å². The number of urea groups is 1. The summed E-state index contributed by atoms with van der Waals surface area (Å²) >= 11 is 0. The lowest BCUT2D eigenvalue weighted by Crippen LogP contribution is -2.28. The molecular formula is C12H12FN5O3. The second-order valence-electron chi connectivity index (χ2n) is 4.14. The molecule has 3 N–H and O–H groups in total. The normalized spacial score (nSPS) is 10.2. The fourth-order valence-corrected chi connectivity index (χ4v) is 1.57. The molecule has 0 saturated carbocycles. The van der Waals surface area contributed by atoms with Gasteiger partial charge < -0.3 is 15.7 Å². The summed E-state index contributed by atoms with van der Waals surface area (Å²) in [6, 6.07) is 2.73. The highest BCUT2D eigenvalue weighted by atomic mass is 19.1. The van der Waals surface area contributed by atoms with Crippen LogP contribution in [0, 0.1) is 5.82 Å². The summed E-state index contributed by atoms with van der Waals surface area (Å²) in [4.78, 5) is 26.2. The van der Waals surface area contributed by atoms with Gasteiger partial charge in [-0.15, -0.1) is 0 Å². The predicted octanol–water partition coefficient (Wildman–Crippen LogP) is 0.974. The highest BCUT2D eigenvalue weighted by Gasteiger charge is 2.11. The van der Waals surface area contributed by atoms with Gasteiger partial charge in [0, 0.05) is 12.7 Å². The van der Waals surface area contributed by atoms with Crippen LogP contribution in [0.3, 0.4) is 0 Å². The van der Waals surface area contributed by atoms with Crippen LogP contribution in [-0.4, -0.2) is 31.9 Å². The first kappa shape index (κ1) is 14.4. The van der Waals surface area contributed by atoms with E-state index in [0.29, 0.717) is 5.82 Å². The maximum atomic E-state index is 13.4. The second kappa shape index (κ2) is 5.99. The van der Waals surface area contributed by atoms with Crippen molar-refractivity contribution < 1.29 is 19.1 Å². The van der Waals surface area contributed by atoms with Crippen molar-refractivity contribution in [3.05, 3.63) is 41.7 Å². The van der Waals surface area contributed by atoms with Gasteiger partial charge in [-0.25, -0.2) is 19.0 Å². The summed E-state index contributed by atoms with van der Waals surface area (Å²) in [7, 11) is 1.70. The van der Waals surface area contributed by atoms with Gasteiger partial charge in [-0.1, -0.05) is 0 Å². The SMILES string of the molecule is Cn1cnc(CNC(=O)Nc2ccc(C(=O)O)c(F)c2)n1. The number of anilines is 1. The number of nitrogens with one attached hydrogen (secondary N) is 2. The molecule has 9 heteroatoms. The maximum absolute atomic E-state index is 13.4. The number of aromatic carboxylic acids is 1. The third-order valence-corrected chi connectivity index (χ3v) is 2.51. The van der Waals surface area contributed by atoms with Gasteiger partial charge in [-0.05, 0) is 18.2 Å². The third-order valence-electron chi connectivity index (χ3n) is 2.51. The lowest BCUT2D eigenvalue weighted by molar-refractivity contribution is 0.0692. The minimum Gasteiger partial charge on any atom is -0.478 e. The number of nitrogens with zero attached hydrogens (tertiary/aromatic N) is 3. The summed E-state index contributed by atoms with van der Waals surface area (Å²) in [5.74, 6) is -1.86. The van der Waals surface area contributed by atoms with Crippen LogP contribution >= 0.6 is 0 Å². The van der Waals surface area contributed by atoms with Crippen LogP contribution in [0.15, 0.2) is 24.5 Å². The number of aromatic nitrogens is 3. The summed E-state index contributed by atoms with van der Waals surface area (Å²) in [5.41, 5.74) is -0.317. The van der Waals surface area contributed by atoms with E-state index in [-0.39, 0.29) is 12.2 Å². The molecule has 0 aliphatic carbocycles. The van der Waals surface area contributed by atoms with E-state index < -0.39 is 23.4 Å². The lowest BCUT2D eigenvalue weighted by atomic mass is 10.2. The molecule has 0 aliphatic rings. The van der Waals surface area contributed by atoms with Crippen molar-refractivity contribution in [3.63, 3.8) is 0 Å². The zero-order valence-electron chi connectivity index (χ0n) is 11.0. The Labute approximate surface area is 118 Å². The highest BCUT2D eigenvalue weighted by molar-refractivity contribution is 5.91. The Kier molecular flexibility index (Phi) is 4.12. The van der Waals surface area contributed by atoms with Crippen molar-refractivity contribution in [2.75, 3.05) is 5.32 Å². The molecule has 0 spiro atoms. The third kappa shape index (κ3) is 3.75. The van der Waals surface area contributed by atoms with E-state index in [1.807, 2.05) is 0 Å². The number of carboxylic acid groups (broad SMARTS) is 1. The number of hydrogen-bond acceptors (Lipinski definition) is 4. The molecule has 0 bridgehead atoms. The molecule has 1 aromatic carbocycles. The topological polar surface area (TPSA) is 109 Å². The minimum atomic E-state index is -1.37. The zero-order chi connectivity index (χ0) is 15.4. The van der Waals surface area contributed by atoms with Gasteiger partial charge >= 0.3 is 12.0 Å². The van der Waals surface area contributed by atoms with Crippen LogP contribution in [0.4, 0.5) is 14.9 Å². The molecule has 0 atom stereocenters. The quantitative estimate of drug-likeness (QED) is 0.778. The first-order valence-electron chi connectivity index (χ1n) is 5.88. The van der Waals surface area contributed by atoms with Gasteiger partial charge in [0.05, 0.1) is 12.1 Å². The van der Waals surface area contributed by atoms with E-state index in [4.69, 9.17) is 5.11 Å². The monoisotopic (exact) mass is 293 g/mol. The smallest absolute Gasteiger partial charge is 0.338 e. The Bertz CT molecular complexity index is 685. The number of aryl methyl sites for hydroxylation is 1. The van der Waals surface area contributed by atoms with Gasteiger partial charge in [0.25, 0.3) is 0 Å². The second-order valence-corrected chi connectivity index (χ2v) is 4.14. The Morgan fingerprint density at radius 3 is 2.76 bits per heavy atom. The molecule has 0 unspecified atom stereocenters. The first-order valence-corrected chi connectivity index (χ1v) is 5.88. The molecule has 1 heterocycles. The first-order chi connectivity index (χ1) is 9.95. The van der Waals surface area contributed by atoms with Gasteiger partial charge in [-0.2, -0.15) is 5.10 Å². The summed E-state index contributed by atoms with van der Waals surface area (Å²) in [6.45, 7) is 0.113. The molecule has 1 aromatic heterocycles. The molecular weight excluding hydrogens is 281 g/mol. The highest BCUT2D eigenvalue weighted by Crippen LogP contribution is 2.14. The van der Waals surface area contributed by atoms with Crippen LogP contribution in [0.2, 0.25) is 0 Å². The van der Waals surface area contributed by atoms with Gasteiger partial charge in [0.15, 0.2) is 5.82 Å². The number of amides is 2. The average Bonchev–Trinajstić information content (AvgIpc) is 2.82. The molecule has 0 saturated heterocycles. The number of carbonyl (C=O) groups is 2. The standard InChI is InChI=1S/C12H12FN5O3/c1-18-6-15-10(17-18)5-14-12(21)16-7-2-3-8(11(19)20)9(13)4-7/h2-4,6H,5H2,1H3,(H,19,20)(H2,14,16,21). The lowest BCUT2D eigenvalue weighted by Gasteiger charge is -2.07. The zero-order valence-corrected chi connectivity index (χ0v) is 11.0. The molecule has 110 valence electrons. The number of carboxylic acids is 1. The predicted molar refractivity (Wildman–Crippen MR) is 70.2 cm³/mol. The number of halogens is 1. The molecule has 2 rings (SSSR count). The van der Waals surface area contributed by atoms with Crippen LogP contribution in [0.5, 0.6) is 0 Å². The van der Waals surface area contributed by atoms with Crippen LogP contribution in [0.25, 0.3) is 0 Å². The van der Waals surface area contributed by atoms with Crippen molar-refractivity contribution in [1.82, 2.24) is 20.1 Å². The molecule has 21 heavy (non-hydrogen) atoms. The van der Waals surface area contributed by atoms with E-state index in [9.17, 15) is 14.0 Å². The van der Waals surface area contributed by atoms with E-state index in [1.165, 1.54) is 17.1 Å². The van der Waals surface area contributed by atoms with Crippen molar-refractivity contribution in [2.45, 2.75) is 6.54 Å². The number of carbonyl (C=O) groups excluding carboxylic acids is 1. The fraction of sp³-hybridized carbons (Fsp3) is 0.167. The van der Waals surface area contributed by atoms with Crippen LogP contribution < -0.4 is 10.6 Å². The number of hydrogen-bond donors (Lipinski definition) is 3. The maximum Gasteiger partial charge on any atom is 0.338 e. The van der Waals surface area contributed by atoms with Gasteiger partial charge in [0.2, 0.25) is 0 Å². The molecule has 2 amide bonds. The summed E-state index contributed by atoms with van der Waals surface area (Å²) in [6.07, 6.45) is 1.49. The van der Waals surface area contributed by atoms with Crippen molar-refractivity contribution >= 4 is 17.7 Å². The molecule has 2 aromatic rings. The van der Waals surface area contributed by atoms with E-state index in [0.717, 1.165) is 12.1 Å². The van der Waals surface area contributed by atoms with E-state index >= 15 is 0 Å². The summed E-state index contributed by atoms with van der Waals surface area (Å²) in [5, 5.41) is 17.5. The fourth-order valence-electron chi connectivity index (χ4n) is 1.57. The van der Waals surface area contributed by atoms with Gasteiger partial charge in [-0.3, -0.25) is 4.68 Å². The van der Waals surface area contributed by atoms with Crippen molar-refractivity contribution in [1.29, 1.82) is 0 Å². The van der Waals surface area contributed by atoms with Crippen LogP contribution in [0.1, 0.15) is 16.2 Å². The van der Waals surface area contributed by atoms with E-state index in [2.05, 4.69) is 20.7 Å². The molecule has 8 nitrogen and oxygen atoms in total. The Hall–Kier alpha value is -2.97. The van der Waals surface area contributed by atoms with Gasteiger partial charge in [0.1, 0.15) is 12.1 Å². The Morgan fingerprint density at radius 2 is 2.19 bits per heavy atom. The minimum absolute atomic E-state index is 0.113. The summed E-state index contributed by atoms with van der Waals surface area (Å²) < 4.78 is 14.9. The Morgan fingerprint density at radius 1 is 1.43 bits per heavy atom. The average molecular weight is 293 g/mol. The molecule has 0 aliphatic heterocycles. The number of rotatable bonds is 4.